The summed E-state index contributed by atoms with van der Waals surface area (Å²) in [6.07, 6.45) is 3.75. The number of hydrogen-bond acceptors (Lipinski definition) is 1. The lowest BCUT2D eigenvalue weighted by Gasteiger charge is -2.02. The van der Waals surface area contributed by atoms with Gasteiger partial charge >= 0.3 is 0 Å². The van der Waals surface area contributed by atoms with Gasteiger partial charge in [-0.2, -0.15) is 0 Å². The van der Waals surface area contributed by atoms with Crippen molar-refractivity contribution in [2.45, 2.75) is 27.7 Å². The predicted molar refractivity (Wildman–Crippen MR) is 60.6 cm³/mol. The summed E-state index contributed by atoms with van der Waals surface area (Å²) in [5.74, 6) is 1.14. The second-order valence-electron chi connectivity index (χ2n) is 2.73. The molecule has 1 nitrogen and oxygen atoms in total. The van der Waals surface area contributed by atoms with Crippen molar-refractivity contribution in [3.8, 4) is 0 Å². The fraction of sp³-hybridized carbons (Fsp3) is 0.500. The zero-order chi connectivity index (χ0) is 10.9. The molecule has 0 rings (SSSR count). The Bertz CT molecular complexity index is 176. The normalized spacial score (nSPS) is 9.38. The molecule has 0 N–H and O–H groups in total. The Labute approximate surface area is 82.8 Å². The first-order chi connectivity index (χ1) is 6.07. The summed E-state index contributed by atoms with van der Waals surface area (Å²) in [7, 11) is 1.60. The third-order valence-electron chi connectivity index (χ3n) is 1.49. The molecular formula is C12H22O. The van der Waals surface area contributed by atoms with Crippen molar-refractivity contribution < 1.29 is 4.74 Å². The molecule has 0 radical (unpaired) electrons. The predicted octanol–water partition coefficient (Wildman–Crippen LogP) is 3.94. The molecule has 0 fully saturated rings. The lowest BCUT2D eigenvalue weighted by atomic mass is 10.1. The molecule has 0 aliphatic carbocycles. The summed E-state index contributed by atoms with van der Waals surface area (Å²) in [5, 5.41) is 0. The Morgan fingerprint density at radius 2 is 1.62 bits per heavy atom. The maximum atomic E-state index is 4.86. The third kappa shape index (κ3) is 8.93. The SMILES string of the molecule is C=C(/C=C\C(=C)C(C)C)OC.CC. The highest BCUT2D eigenvalue weighted by Crippen LogP contribution is 2.08. The van der Waals surface area contributed by atoms with E-state index < -0.39 is 0 Å². The minimum absolute atomic E-state index is 0.482. The van der Waals surface area contributed by atoms with Gasteiger partial charge in [-0.1, -0.05) is 52.5 Å². The van der Waals surface area contributed by atoms with Crippen molar-refractivity contribution in [1.29, 1.82) is 0 Å². The van der Waals surface area contributed by atoms with E-state index in [-0.39, 0.29) is 0 Å². The van der Waals surface area contributed by atoms with E-state index in [1.165, 1.54) is 0 Å². The summed E-state index contributed by atoms with van der Waals surface area (Å²) >= 11 is 0. The van der Waals surface area contributed by atoms with E-state index in [4.69, 9.17) is 4.74 Å². The molecule has 0 amide bonds. The lowest BCUT2D eigenvalue weighted by molar-refractivity contribution is 0.309. The molecule has 0 bridgehead atoms. The van der Waals surface area contributed by atoms with Gasteiger partial charge in [0.05, 0.1) is 7.11 Å². The van der Waals surface area contributed by atoms with Crippen LogP contribution in [0, 0.1) is 5.92 Å². The number of hydrogen-bond donors (Lipinski definition) is 0. The van der Waals surface area contributed by atoms with Crippen molar-refractivity contribution in [1.82, 2.24) is 0 Å². The van der Waals surface area contributed by atoms with Crippen LogP contribution < -0.4 is 0 Å². The van der Waals surface area contributed by atoms with Crippen molar-refractivity contribution in [2.75, 3.05) is 7.11 Å². The molecule has 0 atom stereocenters. The van der Waals surface area contributed by atoms with Gasteiger partial charge in [-0.05, 0) is 12.0 Å². The van der Waals surface area contributed by atoms with Gasteiger partial charge in [-0.15, -0.1) is 0 Å². The average Bonchev–Trinajstić information content (AvgIpc) is 2.16. The highest BCUT2D eigenvalue weighted by atomic mass is 16.5. The molecule has 0 spiro atoms. The maximum Gasteiger partial charge on any atom is 0.111 e. The summed E-state index contributed by atoms with van der Waals surface area (Å²) in [6.45, 7) is 15.7. The molecule has 0 aliphatic rings. The molecule has 0 saturated carbocycles. The zero-order valence-electron chi connectivity index (χ0n) is 9.55. The van der Waals surface area contributed by atoms with Crippen LogP contribution in [0.2, 0.25) is 0 Å². The number of methoxy groups -OCH3 is 1. The average molecular weight is 182 g/mol. The molecule has 0 heterocycles. The van der Waals surface area contributed by atoms with Crippen LogP contribution in [0.15, 0.2) is 36.6 Å². The monoisotopic (exact) mass is 182 g/mol. The second kappa shape index (κ2) is 9.11. The maximum absolute atomic E-state index is 4.86. The molecule has 0 aromatic carbocycles. The van der Waals surface area contributed by atoms with Crippen LogP contribution >= 0.6 is 0 Å². The van der Waals surface area contributed by atoms with Crippen molar-refractivity contribution in [3.05, 3.63) is 36.6 Å². The van der Waals surface area contributed by atoms with Gasteiger partial charge in [0.2, 0.25) is 0 Å². The van der Waals surface area contributed by atoms with Crippen molar-refractivity contribution in [2.24, 2.45) is 5.92 Å². The van der Waals surface area contributed by atoms with Gasteiger partial charge in [0.25, 0.3) is 0 Å². The Kier molecular flexibility index (Phi) is 10.2. The van der Waals surface area contributed by atoms with Gasteiger partial charge in [0.1, 0.15) is 5.76 Å². The number of ether oxygens (including phenoxy) is 1. The summed E-state index contributed by atoms with van der Waals surface area (Å²) in [6, 6.07) is 0. The largest absolute Gasteiger partial charge is 0.497 e. The molecule has 0 unspecified atom stereocenters. The van der Waals surface area contributed by atoms with E-state index in [1.54, 1.807) is 7.11 Å². The molecular weight excluding hydrogens is 160 g/mol. The molecule has 0 saturated heterocycles. The number of allylic oxidation sites excluding steroid dienone is 3. The molecule has 0 aliphatic heterocycles. The van der Waals surface area contributed by atoms with Gasteiger partial charge in [0, 0.05) is 0 Å². The first-order valence-electron chi connectivity index (χ1n) is 4.67. The Morgan fingerprint density at radius 1 is 1.15 bits per heavy atom. The first kappa shape index (κ1) is 14.5. The molecule has 0 aromatic heterocycles. The van der Waals surface area contributed by atoms with Crippen LogP contribution in [0.3, 0.4) is 0 Å². The van der Waals surface area contributed by atoms with Crippen LogP contribution in [0.1, 0.15) is 27.7 Å². The standard InChI is InChI=1S/C10H16O.C2H6/c1-8(2)9(3)6-7-10(4)11-5;1-2/h6-8H,3-4H2,1-2,5H3;1-2H3/b7-6-;. The van der Waals surface area contributed by atoms with Gasteiger partial charge in [-0.25, -0.2) is 0 Å². The quantitative estimate of drug-likeness (QED) is 0.472. The van der Waals surface area contributed by atoms with E-state index in [2.05, 4.69) is 27.0 Å². The van der Waals surface area contributed by atoms with Crippen LogP contribution in [-0.4, -0.2) is 7.11 Å². The van der Waals surface area contributed by atoms with Gasteiger partial charge in [-0.3, -0.25) is 0 Å². The highest BCUT2D eigenvalue weighted by molar-refractivity contribution is 5.22. The first-order valence-corrected chi connectivity index (χ1v) is 4.67. The summed E-state index contributed by atoms with van der Waals surface area (Å²) in [5.41, 5.74) is 1.09. The third-order valence-corrected chi connectivity index (χ3v) is 1.49. The number of rotatable bonds is 4. The summed E-state index contributed by atoms with van der Waals surface area (Å²) in [4.78, 5) is 0. The van der Waals surface area contributed by atoms with Crippen LogP contribution in [-0.2, 0) is 4.74 Å². The van der Waals surface area contributed by atoms with Gasteiger partial charge in [0.15, 0.2) is 0 Å². The van der Waals surface area contributed by atoms with Crippen molar-refractivity contribution in [3.63, 3.8) is 0 Å². The fourth-order valence-corrected chi connectivity index (χ4v) is 0.460. The highest BCUT2D eigenvalue weighted by Gasteiger charge is 1.93. The Morgan fingerprint density at radius 3 is 1.92 bits per heavy atom. The van der Waals surface area contributed by atoms with Gasteiger partial charge < -0.3 is 4.74 Å². The minimum Gasteiger partial charge on any atom is -0.497 e. The lowest BCUT2D eigenvalue weighted by Crippen LogP contribution is -1.87. The minimum atomic E-state index is 0.482. The molecule has 1 heteroatoms. The van der Waals surface area contributed by atoms with Crippen LogP contribution in [0.4, 0.5) is 0 Å². The molecule has 0 aromatic rings. The van der Waals surface area contributed by atoms with E-state index in [0.717, 1.165) is 5.57 Å². The van der Waals surface area contributed by atoms with E-state index >= 15 is 0 Å². The molecule has 76 valence electrons. The molecule has 13 heavy (non-hydrogen) atoms. The van der Waals surface area contributed by atoms with E-state index in [0.29, 0.717) is 11.7 Å². The van der Waals surface area contributed by atoms with Crippen LogP contribution in [0.5, 0.6) is 0 Å². The van der Waals surface area contributed by atoms with E-state index in [1.807, 2.05) is 26.0 Å². The summed E-state index contributed by atoms with van der Waals surface area (Å²) < 4.78 is 4.86. The second-order valence-corrected chi connectivity index (χ2v) is 2.73. The van der Waals surface area contributed by atoms with E-state index in [9.17, 15) is 0 Å². The van der Waals surface area contributed by atoms with Crippen molar-refractivity contribution >= 4 is 0 Å². The smallest absolute Gasteiger partial charge is 0.111 e. The fourth-order valence-electron chi connectivity index (χ4n) is 0.460. The Hall–Kier alpha value is -0.980. The zero-order valence-corrected chi connectivity index (χ0v) is 9.55. The van der Waals surface area contributed by atoms with Crippen LogP contribution in [0.25, 0.3) is 0 Å². The topological polar surface area (TPSA) is 9.23 Å². The Balaban J connectivity index is 0.